The number of hydrogen-bond acceptors (Lipinski definition) is 7. The lowest BCUT2D eigenvalue weighted by Crippen LogP contribution is -2.44. The Hall–Kier alpha value is -4.99. The van der Waals surface area contributed by atoms with Gasteiger partial charge in [-0.25, -0.2) is 0 Å². The number of rotatable bonds is 11. The highest BCUT2D eigenvalue weighted by Crippen LogP contribution is 2.50. The number of aryl methyl sites for hydroxylation is 1. The number of fused-ring (bicyclic) bond motifs is 4. The molecule has 10 heteroatoms. The van der Waals surface area contributed by atoms with Crippen LogP contribution in [-0.4, -0.2) is 50.7 Å². The third-order valence-corrected chi connectivity index (χ3v) is 8.54. The maximum absolute atomic E-state index is 13.8. The second-order valence-corrected chi connectivity index (χ2v) is 11.9. The third-order valence-electron chi connectivity index (χ3n) is 8.54. The summed E-state index contributed by atoms with van der Waals surface area (Å²) in [7, 11) is 4.68. The van der Waals surface area contributed by atoms with Gasteiger partial charge in [-0.2, -0.15) is 0 Å². The summed E-state index contributed by atoms with van der Waals surface area (Å²) >= 11 is 0. The fourth-order valence-electron chi connectivity index (χ4n) is 6.30. The van der Waals surface area contributed by atoms with Gasteiger partial charge < -0.3 is 35.1 Å². The van der Waals surface area contributed by atoms with E-state index < -0.39 is 12.1 Å². The summed E-state index contributed by atoms with van der Waals surface area (Å²) in [6.45, 7) is 5.79. The number of hydrogen-bond donors (Lipinski definition) is 4. The van der Waals surface area contributed by atoms with Crippen molar-refractivity contribution in [2.45, 2.75) is 52.1 Å². The Labute approximate surface area is 268 Å². The Morgan fingerprint density at radius 1 is 1.00 bits per heavy atom. The van der Waals surface area contributed by atoms with Gasteiger partial charge in [0.2, 0.25) is 23.0 Å². The number of methoxy groups -OCH3 is 3. The number of anilines is 1. The molecule has 4 aromatic rings. The Bertz CT molecular complexity index is 1810. The summed E-state index contributed by atoms with van der Waals surface area (Å²) in [6.07, 6.45) is 3.79. The normalized spacial score (nSPS) is 14.5. The molecular formula is C36H42N4O6. The van der Waals surface area contributed by atoms with E-state index in [-0.39, 0.29) is 28.8 Å². The summed E-state index contributed by atoms with van der Waals surface area (Å²) in [5.41, 5.74) is 5.24. The Balaban J connectivity index is 1.49. The van der Waals surface area contributed by atoms with Crippen LogP contribution >= 0.6 is 0 Å². The molecule has 3 aromatic carbocycles. The number of amides is 2. The molecule has 0 aliphatic heterocycles. The smallest absolute Gasteiger partial charge is 0.242 e. The van der Waals surface area contributed by atoms with E-state index >= 15 is 0 Å². The third kappa shape index (κ3) is 6.51. The zero-order chi connectivity index (χ0) is 33.0. The number of aromatic amines is 1. The molecule has 0 unspecified atom stereocenters. The SMILES string of the molecule is COc1cc2c(c(OC)c1OC)-c1ccc(N[C@H](C(=O)NCCc3c[nH]c4ccccc34)C(C)C)c(=O)cc1[C@@H](NC(C)=O)CC2. The van der Waals surface area contributed by atoms with Crippen molar-refractivity contribution in [2.75, 3.05) is 33.2 Å². The van der Waals surface area contributed by atoms with Crippen LogP contribution in [0.1, 0.15) is 49.9 Å². The number of aromatic nitrogens is 1. The van der Waals surface area contributed by atoms with E-state index in [0.717, 1.165) is 33.2 Å². The molecule has 0 bridgehead atoms. The second-order valence-electron chi connectivity index (χ2n) is 11.9. The molecule has 1 aliphatic carbocycles. The summed E-state index contributed by atoms with van der Waals surface area (Å²) in [6, 6.07) is 14.0. The molecule has 0 spiro atoms. The molecule has 1 aliphatic rings. The van der Waals surface area contributed by atoms with E-state index in [0.29, 0.717) is 48.6 Å². The number of ether oxygens (including phenoxy) is 3. The standard InChI is InChI=1S/C36H42N4O6/c1-20(2)33(36(43)37-16-15-23-19-38-27-10-8-7-9-24(23)27)40-29-14-12-25-26(18-30(29)42)28(39-21(3)41)13-11-22-17-31(44-4)34(45-5)35(46-6)32(22)25/h7-10,12,14,17-20,28,33,38H,11,13,15-16H2,1-6H3,(H,37,43)(H,39,41)(H,40,42)/t28-,33-/m0/s1. The first kappa shape index (κ1) is 32.4. The molecule has 2 atom stereocenters. The lowest BCUT2D eigenvalue weighted by molar-refractivity contribution is -0.122. The Morgan fingerprint density at radius 2 is 1.76 bits per heavy atom. The summed E-state index contributed by atoms with van der Waals surface area (Å²) in [4.78, 5) is 42.8. The largest absolute Gasteiger partial charge is 0.493 e. The van der Waals surface area contributed by atoms with Crippen molar-refractivity contribution in [2.24, 2.45) is 5.92 Å². The number of para-hydroxylation sites is 1. The van der Waals surface area contributed by atoms with Gasteiger partial charge in [-0.1, -0.05) is 38.1 Å². The van der Waals surface area contributed by atoms with Crippen LogP contribution in [-0.2, 0) is 22.4 Å². The Kier molecular flexibility index (Phi) is 9.84. The highest BCUT2D eigenvalue weighted by Gasteiger charge is 2.30. The van der Waals surface area contributed by atoms with E-state index in [1.807, 2.05) is 50.4 Å². The second kappa shape index (κ2) is 14.0. The van der Waals surface area contributed by atoms with E-state index in [9.17, 15) is 14.4 Å². The number of carbonyl (C=O) groups excluding carboxylic acids is 2. The monoisotopic (exact) mass is 626 g/mol. The highest BCUT2D eigenvalue weighted by molar-refractivity contribution is 5.87. The van der Waals surface area contributed by atoms with Crippen molar-refractivity contribution in [3.8, 4) is 28.4 Å². The van der Waals surface area contributed by atoms with Gasteiger partial charge in [-0.05, 0) is 71.7 Å². The van der Waals surface area contributed by atoms with Crippen LogP contribution in [0.4, 0.5) is 5.69 Å². The summed E-state index contributed by atoms with van der Waals surface area (Å²) in [5, 5.41) is 10.4. The van der Waals surface area contributed by atoms with E-state index in [1.165, 1.54) is 6.92 Å². The fraction of sp³-hybridized carbons (Fsp3) is 0.361. The van der Waals surface area contributed by atoms with E-state index in [4.69, 9.17) is 14.2 Å². The van der Waals surface area contributed by atoms with Crippen molar-refractivity contribution >= 4 is 28.4 Å². The van der Waals surface area contributed by atoms with Gasteiger partial charge in [-0.15, -0.1) is 0 Å². The molecule has 1 heterocycles. The van der Waals surface area contributed by atoms with Crippen molar-refractivity contribution < 1.29 is 23.8 Å². The quantitative estimate of drug-likeness (QED) is 0.181. The molecule has 1 aromatic heterocycles. The van der Waals surface area contributed by atoms with Crippen LogP contribution in [0.2, 0.25) is 0 Å². The van der Waals surface area contributed by atoms with Gasteiger partial charge >= 0.3 is 0 Å². The highest BCUT2D eigenvalue weighted by atomic mass is 16.5. The topological polar surface area (TPSA) is 131 Å². The summed E-state index contributed by atoms with van der Waals surface area (Å²) in [5.74, 6) is 0.932. The number of nitrogens with one attached hydrogen (secondary N) is 4. The molecule has 5 rings (SSSR count). The van der Waals surface area contributed by atoms with Crippen LogP contribution < -0.4 is 35.6 Å². The average molecular weight is 627 g/mol. The van der Waals surface area contributed by atoms with Gasteiger partial charge in [0.25, 0.3) is 0 Å². The van der Waals surface area contributed by atoms with Gasteiger partial charge in [0, 0.05) is 36.1 Å². The van der Waals surface area contributed by atoms with Crippen molar-refractivity contribution in [3.63, 3.8) is 0 Å². The molecule has 0 saturated heterocycles. The first-order valence-electron chi connectivity index (χ1n) is 15.5. The minimum Gasteiger partial charge on any atom is -0.493 e. The number of benzene rings is 2. The Morgan fingerprint density at radius 3 is 2.46 bits per heavy atom. The minimum absolute atomic E-state index is 0.111. The first-order chi connectivity index (χ1) is 22.2. The van der Waals surface area contributed by atoms with Crippen molar-refractivity contribution in [1.82, 2.24) is 15.6 Å². The average Bonchev–Trinajstić information content (AvgIpc) is 3.30. The molecule has 0 fully saturated rings. The minimum atomic E-state index is -0.657. The lowest BCUT2D eigenvalue weighted by Gasteiger charge is -2.22. The molecular weight excluding hydrogens is 584 g/mol. The predicted molar refractivity (Wildman–Crippen MR) is 180 cm³/mol. The van der Waals surface area contributed by atoms with E-state index in [1.54, 1.807) is 33.5 Å². The molecule has 0 saturated carbocycles. The zero-order valence-electron chi connectivity index (χ0n) is 27.2. The number of H-pyrrole nitrogens is 1. The van der Waals surface area contributed by atoms with Crippen molar-refractivity contribution in [1.29, 1.82) is 0 Å². The van der Waals surface area contributed by atoms with Crippen LogP contribution in [0.3, 0.4) is 0 Å². The maximum atomic E-state index is 13.8. The molecule has 0 radical (unpaired) electrons. The van der Waals surface area contributed by atoms with Crippen LogP contribution in [0, 0.1) is 5.92 Å². The van der Waals surface area contributed by atoms with Crippen LogP contribution in [0.25, 0.3) is 22.0 Å². The van der Waals surface area contributed by atoms with Gasteiger partial charge in [-0.3, -0.25) is 14.4 Å². The molecule has 10 nitrogen and oxygen atoms in total. The van der Waals surface area contributed by atoms with Gasteiger partial charge in [0.05, 0.1) is 33.1 Å². The molecule has 242 valence electrons. The molecule has 4 N–H and O–H groups in total. The van der Waals surface area contributed by atoms with Gasteiger partial charge in [0.15, 0.2) is 11.5 Å². The summed E-state index contributed by atoms with van der Waals surface area (Å²) < 4.78 is 17.2. The number of carbonyl (C=O) groups is 2. The lowest BCUT2D eigenvalue weighted by atomic mass is 9.95. The maximum Gasteiger partial charge on any atom is 0.242 e. The van der Waals surface area contributed by atoms with Crippen molar-refractivity contribution in [3.05, 3.63) is 81.6 Å². The molecule has 46 heavy (non-hydrogen) atoms. The van der Waals surface area contributed by atoms with Crippen LogP contribution in [0.5, 0.6) is 17.2 Å². The first-order valence-corrected chi connectivity index (χ1v) is 15.5. The fourth-order valence-corrected chi connectivity index (χ4v) is 6.30. The molecule has 2 amide bonds. The van der Waals surface area contributed by atoms with E-state index in [2.05, 4.69) is 27.0 Å². The van der Waals surface area contributed by atoms with Gasteiger partial charge in [0.1, 0.15) is 6.04 Å². The van der Waals surface area contributed by atoms with Crippen LogP contribution in [0.15, 0.2) is 59.5 Å². The zero-order valence-corrected chi connectivity index (χ0v) is 27.2. The predicted octanol–water partition coefficient (Wildman–Crippen LogP) is 5.14.